The first-order chi connectivity index (χ1) is 16.9. The van der Waals surface area contributed by atoms with Gasteiger partial charge in [0.25, 0.3) is 11.6 Å². The molecule has 0 bridgehead atoms. The summed E-state index contributed by atoms with van der Waals surface area (Å²) in [4.78, 5) is 22.5. The van der Waals surface area contributed by atoms with Gasteiger partial charge in [0.05, 0.1) is 23.3 Å². The van der Waals surface area contributed by atoms with Gasteiger partial charge in [0, 0.05) is 26.2 Å². The first-order valence-electron chi connectivity index (χ1n) is 10.6. The van der Waals surface area contributed by atoms with Crippen molar-refractivity contribution < 1.29 is 40.3 Å². The Kier molecular flexibility index (Phi) is 6.92. The highest BCUT2D eigenvalue weighted by molar-refractivity contribution is 6.33. The number of aromatic nitrogens is 2. The fourth-order valence-electron chi connectivity index (χ4n) is 3.59. The Bertz CT molecular complexity index is 1260. The van der Waals surface area contributed by atoms with Crippen LogP contribution in [0, 0.1) is 0 Å². The van der Waals surface area contributed by atoms with Crippen LogP contribution in [0.1, 0.15) is 18.1 Å². The Morgan fingerprint density at radius 3 is 2.28 bits per heavy atom. The molecule has 2 aromatic heterocycles. The Morgan fingerprint density at radius 2 is 1.72 bits per heavy atom. The van der Waals surface area contributed by atoms with Gasteiger partial charge in [0.15, 0.2) is 5.82 Å². The van der Waals surface area contributed by atoms with Gasteiger partial charge in [-0.15, -0.1) is 0 Å². The molecule has 0 radical (unpaired) electrons. The minimum Gasteiger partial charge on any atom is -0.475 e. The maximum absolute atomic E-state index is 13.4. The number of carbonyl (C=O) groups excluding carboxylic acids is 1. The minimum absolute atomic E-state index is 0.00230. The fraction of sp³-hybridized carbons (Fsp3) is 0.381. The van der Waals surface area contributed by atoms with Crippen LogP contribution >= 0.6 is 11.6 Å². The molecule has 0 spiro atoms. The molecule has 1 aromatic carbocycles. The molecule has 2 amide bonds. The number of nitrogens with one attached hydrogen (secondary N) is 2. The first-order valence-corrected chi connectivity index (χ1v) is 11.0. The Balaban J connectivity index is 1.86. The zero-order chi connectivity index (χ0) is 26.3. The van der Waals surface area contributed by atoms with Crippen molar-refractivity contribution in [2.24, 2.45) is 0 Å². The molecule has 8 nitrogen and oxygen atoms in total. The molecule has 0 unspecified atom stereocenters. The summed E-state index contributed by atoms with van der Waals surface area (Å²) in [5.74, 6) is -0.361. The second kappa shape index (κ2) is 9.65. The number of furan rings is 1. The molecule has 194 valence electrons. The van der Waals surface area contributed by atoms with Crippen molar-refractivity contribution in [3.05, 3.63) is 34.5 Å². The summed E-state index contributed by atoms with van der Waals surface area (Å²) in [5.41, 5.74) is -4.53. The van der Waals surface area contributed by atoms with E-state index in [2.05, 4.69) is 20.6 Å². The maximum atomic E-state index is 13.4. The molecule has 4 rings (SSSR count). The van der Waals surface area contributed by atoms with Crippen LogP contribution in [0.25, 0.3) is 22.4 Å². The fourth-order valence-corrected chi connectivity index (χ4v) is 3.86. The van der Waals surface area contributed by atoms with E-state index in [1.165, 1.54) is 4.90 Å². The highest BCUT2D eigenvalue weighted by Crippen LogP contribution is 2.43. The van der Waals surface area contributed by atoms with Gasteiger partial charge < -0.3 is 19.4 Å². The van der Waals surface area contributed by atoms with Gasteiger partial charge >= 0.3 is 18.4 Å². The second-order valence-corrected chi connectivity index (χ2v) is 8.02. The van der Waals surface area contributed by atoms with Crippen molar-refractivity contribution in [1.82, 2.24) is 20.2 Å². The van der Waals surface area contributed by atoms with Crippen molar-refractivity contribution in [3.63, 3.8) is 0 Å². The summed E-state index contributed by atoms with van der Waals surface area (Å²) >= 11 is 6.09. The van der Waals surface area contributed by atoms with Gasteiger partial charge in [0.2, 0.25) is 5.22 Å². The normalized spacial score (nSPS) is 14.8. The van der Waals surface area contributed by atoms with E-state index in [0.29, 0.717) is 38.3 Å². The minimum atomic E-state index is -5.07. The molecule has 0 aliphatic carbocycles. The smallest absolute Gasteiger partial charge is 0.416 e. The van der Waals surface area contributed by atoms with Gasteiger partial charge in [-0.2, -0.15) is 31.3 Å². The number of carbonyl (C=O) groups is 1. The number of halogens is 7. The van der Waals surface area contributed by atoms with Crippen LogP contribution in [-0.2, 0) is 12.4 Å². The second-order valence-electron chi connectivity index (χ2n) is 7.68. The van der Waals surface area contributed by atoms with Crippen molar-refractivity contribution in [1.29, 1.82) is 0 Å². The zero-order valence-corrected chi connectivity index (χ0v) is 19.2. The lowest BCUT2D eigenvalue weighted by Crippen LogP contribution is -2.48. The third kappa shape index (κ3) is 5.28. The van der Waals surface area contributed by atoms with Crippen LogP contribution in [-0.4, -0.2) is 53.7 Å². The third-order valence-corrected chi connectivity index (χ3v) is 5.50. The topological polar surface area (TPSA) is 92.5 Å². The third-order valence-electron chi connectivity index (χ3n) is 5.24. The molecule has 1 aliphatic heterocycles. The molecule has 1 fully saturated rings. The van der Waals surface area contributed by atoms with Gasteiger partial charge in [-0.1, -0.05) is 0 Å². The molecular formula is C21H18ClF6N5O3. The predicted octanol–water partition coefficient (Wildman–Crippen LogP) is 5.42. The number of rotatable bonds is 4. The lowest BCUT2D eigenvalue weighted by atomic mass is 10.0. The van der Waals surface area contributed by atoms with E-state index >= 15 is 0 Å². The van der Waals surface area contributed by atoms with E-state index in [1.807, 2.05) is 0 Å². The summed E-state index contributed by atoms with van der Waals surface area (Å²) in [6, 6.07) is 0.462. The van der Waals surface area contributed by atoms with E-state index < -0.39 is 40.3 Å². The van der Waals surface area contributed by atoms with E-state index in [-0.39, 0.29) is 41.2 Å². The van der Waals surface area contributed by atoms with E-state index in [1.54, 1.807) is 6.92 Å². The van der Waals surface area contributed by atoms with E-state index in [0.717, 1.165) is 0 Å². The number of piperazine rings is 1. The van der Waals surface area contributed by atoms with Crippen molar-refractivity contribution in [2.45, 2.75) is 19.3 Å². The number of urea groups is 1. The van der Waals surface area contributed by atoms with Gasteiger partial charge in [-0.05, 0) is 42.3 Å². The number of nitrogens with zero attached hydrogens (tertiary/aromatic N) is 3. The van der Waals surface area contributed by atoms with Crippen LogP contribution in [0.2, 0.25) is 5.22 Å². The highest BCUT2D eigenvalue weighted by atomic mass is 35.5. The molecule has 2 N–H and O–H groups in total. The number of alkyl halides is 6. The van der Waals surface area contributed by atoms with Crippen molar-refractivity contribution in [2.75, 3.05) is 38.1 Å². The molecule has 15 heteroatoms. The zero-order valence-electron chi connectivity index (χ0n) is 18.5. The number of anilines is 1. The largest absolute Gasteiger partial charge is 0.475 e. The van der Waals surface area contributed by atoms with E-state index in [4.69, 9.17) is 20.8 Å². The number of amides is 2. The Hall–Kier alpha value is -3.26. The molecule has 0 atom stereocenters. The summed E-state index contributed by atoms with van der Waals surface area (Å²) in [6.07, 6.45) is -10.1. The number of hydrogen-bond donors (Lipinski definition) is 2. The average Bonchev–Trinajstić information content (AvgIpc) is 3.13. The highest BCUT2D eigenvalue weighted by Gasteiger charge is 2.38. The summed E-state index contributed by atoms with van der Waals surface area (Å²) in [7, 11) is 0. The molecule has 0 saturated carbocycles. The lowest BCUT2D eigenvalue weighted by Gasteiger charge is -2.27. The number of ether oxygens (including phenoxy) is 1. The van der Waals surface area contributed by atoms with Crippen LogP contribution in [0.4, 0.5) is 37.0 Å². The van der Waals surface area contributed by atoms with Crippen LogP contribution < -0.4 is 15.4 Å². The summed E-state index contributed by atoms with van der Waals surface area (Å²) in [5, 5.41) is 5.08. The molecule has 3 heterocycles. The van der Waals surface area contributed by atoms with Crippen LogP contribution in [0.5, 0.6) is 5.88 Å². The Labute approximate surface area is 204 Å². The number of fused-ring (bicyclic) bond motifs is 1. The SMILES string of the molecule is CCOc1nc2oc(Cl)c(-c3cc(C(F)(F)F)cc(C(F)(F)F)c3)c2nc1NC(=O)N1CCNCC1. The van der Waals surface area contributed by atoms with E-state index in [9.17, 15) is 31.1 Å². The Morgan fingerprint density at radius 1 is 1.11 bits per heavy atom. The molecule has 1 aliphatic rings. The quantitative estimate of drug-likeness (QED) is 0.432. The maximum Gasteiger partial charge on any atom is 0.416 e. The molecule has 36 heavy (non-hydrogen) atoms. The lowest BCUT2D eigenvalue weighted by molar-refractivity contribution is -0.143. The van der Waals surface area contributed by atoms with Crippen LogP contribution in [0.15, 0.2) is 22.6 Å². The van der Waals surface area contributed by atoms with Crippen molar-refractivity contribution >= 4 is 34.7 Å². The predicted molar refractivity (Wildman–Crippen MR) is 117 cm³/mol. The van der Waals surface area contributed by atoms with Gasteiger partial charge in [-0.25, -0.2) is 9.78 Å². The number of hydrogen-bond acceptors (Lipinski definition) is 6. The monoisotopic (exact) mass is 537 g/mol. The van der Waals surface area contributed by atoms with Crippen molar-refractivity contribution in [3.8, 4) is 17.0 Å². The molecular weight excluding hydrogens is 520 g/mol. The number of benzene rings is 1. The molecule has 3 aromatic rings. The molecule has 1 saturated heterocycles. The van der Waals surface area contributed by atoms with Gasteiger partial charge in [-0.3, -0.25) is 5.32 Å². The average molecular weight is 538 g/mol. The summed E-state index contributed by atoms with van der Waals surface area (Å²) in [6.45, 7) is 3.68. The first kappa shape index (κ1) is 25.8. The summed E-state index contributed by atoms with van der Waals surface area (Å²) < 4.78 is 91.0. The van der Waals surface area contributed by atoms with Gasteiger partial charge in [0.1, 0.15) is 5.52 Å². The van der Waals surface area contributed by atoms with Crippen LogP contribution in [0.3, 0.4) is 0 Å². The standard InChI is InChI=1S/C21H18ClF6N5O3/c1-2-35-18-16(31-19(34)33-5-3-29-4-6-33)30-14-13(15(22)36-17(14)32-18)10-7-11(20(23,24)25)9-12(8-10)21(26,27)28/h7-9,29H,2-6H2,1H3,(H,30,31,34).